The molecular formula is C26H28N2O4. The van der Waals surface area contributed by atoms with Gasteiger partial charge in [-0.2, -0.15) is 0 Å². The maximum atomic E-state index is 12.8. The van der Waals surface area contributed by atoms with Gasteiger partial charge in [0, 0.05) is 16.9 Å². The second kappa shape index (κ2) is 9.56. The quantitative estimate of drug-likeness (QED) is 0.539. The molecule has 166 valence electrons. The third-order valence-corrected chi connectivity index (χ3v) is 5.07. The van der Waals surface area contributed by atoms with Crippen LogP contribution in [0.15, 0.2) is 66.7 Å². The summed E-state index contributed by atoms with van der Waals surface area (Å²) in [4.78, 5) is 25.3. The summed E-state index contributed by atoms with van der Waals surface area (Å²) in [5.74, 6) is 0.294. The molecule has 0 saturated heterocycles. The normalized spacial score (nSPS) is 10.9. The first-order valence-electron chi connectivity index (χ1n) is 10.3. The molecule has 3 aromatic rings. The summed E-state index contributed by atoms with van der Waals surface area (Å²) in [7, 11) is 3.00. The molecule has 6 nitrogen and oxygen atoms in total. The van der Waals surface area contributed by atoms with E-state index >= 15 is 0 Å². The minimum absolute atomic E-state index is 0.0308. The molecular weight excluding hydrogens is 404 g/mol. The van der Waals surface area contributed by atoms with Crippen LogP contribution in [-0.4, -0.2) is 26.0 Å². The monoisotopic (exact) mass is 432 g/mol. The van der Waals surface area contributed by atoms with Crippen molar-refractivity contribution in [3.05, 3.63) is 83.4 Å². The van der Waals surface area contributed by atoms with Crippen LogP contribution in [0.25, 0.3) is 0 Å². The molecule has 0 aliphatic rings. The molecule has 0 aliphatic carbocycles. The highest BCUT2D eigenvalue weighted by Gasteiger charge is 2.18. The van der Waals surface area contributed by atoms with Crippen LogP contribution < -0.4 is 20.1 Å². The average molecular weight is 433 g/mol. The summed E-state index contributed by atoms with van der Waals surface area (Å²) in [5, 5.41) is 5.70. The third-order valence-electron chi connectivity index (χ3n) is 5.07. The molecule has 0 bridgehead atoms. The molecule has 0 saturated carbocycles. The zero-order valence-corrected chi connectivity index (χ0v) is 19.0. The van der Waals surface area contributed by atoms with Gasteiger partial charge in [-0.3, -0.25) is 9.59 Å². The van der Waals surface area contributed by atoms with Crippen molar-refractivity contribution in [3.8, 4) is 11.5 Å². The Morgan fingerprint density at radius 3 is 1.59 bits per heavy atom. The van der Waals surface area contributed by atoms with Crippen LogP contribution in [0.3, 0.4) is 0 Å². The molecule has 3 aromatic carbocycles. The maximum absolute atomic E-state index is 12.8. The zero-order valence-electron chi connectivity index (χ0n) is 19.0. The fourth-order valence-electron chi connectivity index (χ4n) is 3.23. The van der Waals surface area contributed by atoms with E-state index in [4.69, 9.17) is 9.47 Å². The molecule has 0 unspecified atom stereocenters. The van der Waals surface area contributed by atoms with E-state index in [-0.39, 0.29) is 17.2 Å². The Kier molecular flexibility index (Phi) is 6.83. The molecule has 0 aliphatic heterocycles. The molecule has 2 amide bonds. The van der Waals surface area contributed by atoms with Gasteiger partial charge in [-0.15, -0.1) is 0 Å². The van der Waals surface area contributed by atoms with E-state index in [1.54, 1.807) is 42.5 Å². The topological polar surface area (TPSA) is 76.7 Å². The Bertz CT molecular complexity index is 1080. The van der Waals surface area contributed by atoms with Gasteiger partial charge in [-0.25, -0.2) is 0 Å². The number of carbonyl (C=O) groups is 2. The van der Waals surface area contributed by atoms with Crippen LogP contribution in [0.5, 0.6) is 11.5 Å². The van der Waals surface area contributed by atoms with E-state index in [2.05, 4.69) is 31.4 Å². The first kappa shape index (κ1) is 22.9. The Morgan fingerprint density at radius 2 is 1.16 bits per heavy atom. The molecule has 0 atom stereocenters. The van der Waals surface area contributed by atoms with Crippen molar-refractivity contribution in [2.45, 2.75) is 26.2 Å². The Labute approximate surface area is 188 Å². The van der Waals surface area contributed by atoms with Gasteiger partial charge < -0.3 is 20.1 Å². The van der Waals surface area contributed by atoms with Crippen molar-refractivity contribution in [3.63, 3.8) is 0 Å². The van der Waals surface area contributed by atoms with Gasteiger partial charge in [-0.1, -0.05) is 39.0 Å². The fraction of sp³-hybridized carbons (Fsp3) is 0.231. The number of benzene rings is 3. The number of methoxy groups -OCH3 is 2. The predicted molar refractivity (Wildman–Crippen MR) is 127 cm³/mol. The minimum Gasteiger partial charge on any atom is -0.496 e. The smallest absolute Gasteiger partial charge is 0.263 e. The van der Waals surface area contributed by atoms with Crippen LogP contribution in [0.4, 0.5) is 11.4 Å². The highest BCUT2D eigenvalue weighted by Crippen LogP contribution is 2.29. The van der Waals surface area contributed by atoms with Gasteiger partial charge in [0.25, 0.3) is 11.8 Å². The lowest BCUT2D eigenvalue weighted by molar-refractivity contribution is 0.101. The number of hydrogen-bond donors (Lipinski definition) is 2. The molecule has 0 fully saturated rings. The van der Waals surface area contributed by atoms with Crippen molar-refractivity contribution in [2.75, 3.05) is 24.9 Å². The second-order valence-electron chi connectivity index (χ2n) is 8.35. The van der Waals surface area contributed by atoms with Crippen molar-refractivity contribution in [1.82, 2.24) is 0 Å². The van der Waals surface area contributed by atoms with Gasteiger partial charge in [0.15, 0.2) is 0 Å². The average Bonchev–Trinajstić information content (AvgIpc) is 2.79. The fourth-order valence-corrected chi connectivity index (χ4v) is 3.23. The van der Waals surface area contributed by atoms with Crippen LogP contribution in [0, 0.1) is 0 Å². The SMILES string of the molecule is COc1cccc(OC)c1C(=O)Nc1ccc(NC(=O)c2ccc(C(C)(C)C)cc2)cc1. The van der Waals surface area contributed by atoms with Gasteiger partial charge >= 0.3 is 0 Å². The molecule has 6 heteroatoms. The van der Waals surface area contributed by atoms with Crippen molar-refractivity contribution in [1.29, 1.82) is 0 Å². The summed E-state index contributed by atoms with van der Waals surface area (Å²) < 4.78 is 10.6. The third kappa shape index (κ3) is 5.27. The largest absolute Gasteiger partial charge is 0.496 e. The Hall–Kier alpha value is -3.80. The summed E-state index contributed by atoms with van der Waals surface area (Å²) in [6.45, 7) is 6.39. The van der Waals surface area contributed by atoms with Gasteiger partial charge in [0.05, 0.1) is 14.2 Å². The number of nitrogens with one attached hydrogen (secondary N) is 2. The Balaban J connectivity index is 1.68. The predicted octanol–water partition coefficient (Wildman–Crippen LogP) is 5.51. The summed E-state index contributed by atoms with van der Waals surface area (Å²) in [5.41, 5.74) is 3.30. The first-order chi connectivity index (χ1) is 15.2. The lowest BCUT2D eigenvalue weighted by Crippen LogP contribution is -2.15. The van der Waals surface area contributed by atoms with E-state index in [0.29, 0.717) is 34.0 Å². The zero-order chi connectivity index (χ0) is 23.3. The molecule has 0 heterocycles. The van der Waals surface area contributed by atoms with E-state index < -0.39 is 0 Å². The van der Waals surface area contributed by atoms with Crippen molar-refractivity contribution in [2.24, 2.45) is 0 Å². The lowest BCUT2D eigenvalue weighted by Gasteiger charge is -2.19. The number of amides is 2. The number of ether oxygens (including phenoxy) is 2. The summed E-state index contributed by atoms with van der Waals surface area (Å²) >= 11 is 0. The van der Waals surface area contributed by atoms with E-state index in [1.165, 1.54) is 19.8 Å². The highest BCUT2D eigenvalue weighted by molar-refractivity contribution is 6.08. The number of rotatable bonds is 6. The molecule has 2 N–H and O–H groups in total. The number of carbonyl (C=O) groups excluding carboxylic acids is 2. The summed E-state index contributed by atoms with van der Waals surface area (Å²) in [6, 6.07) is 19.6. The molecule has 3 rings (SSSR count). The maximum Gasteiger partial charge on any atom is 0.263 e. The van der Waals surface area contributed by atoms with Crippen LogP contribution >= 0.6 is 0 Å². The molecule has 0 radical (unpaired) electrons. The summed E-state index contributed by atoms with van der Waals surface area (Å²) in [6.07, 6.45) is 0. The second-order valence-corrected chi connectivity index (χ2v) is 8.35. The standard InChI is InChI=1S/C26H28N2O4/c1-26(2,3)18-11-9-17(10-12-18)24(29)27-19-13-15-20(16-14-19)28-25(30)23-21(31-4)7-6-8-22(23)32-5/h6-16H,1-5H3,(H,27,29)(H,28,30). The van der Waals surface area contributed by atoms with Crippen molar-refractivity contribution < 1.29 is 19.1 Å². The van der Waals surface area contributed by atoms with Crippen LogP contribution in [0.2, 0.25) is 0 Å². The lowest BCUT2D eigenvalue weighted by atomic mass is 9.87. The number of anilines is 2. The first-order valence-corrected chi connectivity index (χ1v) is 10.3. The van der Waals surface area contributed by atoms with E-state index in [0.717, 1.165) is 0 Å². The van der Waals surface area contributed by atoms with Gasteiger partial charge in [0.1, 0.15) is 17.1 Å². The minimum atomic E-state index is -0.352. The molecule has 0 spiro atoms. The van der Waals surface area contributed by atoms with Gasteiger partial charge in [0.2, 0.25) is 0 Å². The van der Waals surface area contributed by atoms with E-state index in [1.807, 2.05) is 24.3 Å². The van der Waals surface area contributed by atoms with Crippen molar-refractivity contribution >= 4 is 23.2 Å². The Morgan fingerprint density at radius 1 is 0.688 bits per heavy atom. The van der Waals surface area contributed by atoms with Gasteiger partial charge in [-0.05, 0) is 59.5 Å². The van der Waals surface area contributed by atoms with E-state index in [9.17, 15) is 9.59 Å². The number of hydrogen-bond acceptors (Lipinski definition) is 4. The molecule has 32 heavy (non-hydrogen) atoms. The molecule has 0 aromatic heterocycles. The van der Waals surface area contributed by atoms with Crippen LogP contribution in [0.1, 0.15) is 47.1 Å². The highest BCUT2D eigenvalue weighted by atomic mass is 16.5. The van der Waals surface area contributed by atoms with Crippen LogP contribution in [-0.2, 0) is 5.41 Å².